The maximum absolute atomic E-state index is 12.4. The number of nitrogens with two attached hydrogens (primary N) is 1. The number of pyridine rings is 1. The van der Waals surface area contributed by atoms with E-state index in [1.807, 2.05) is 19.1 Å². The van der Waals surface area contributed by atoms with Crippen LogP contribution in [-0.2, 0) is 0 Å². The molecular weight excluding hydrogens is 316 g/mol. The first-order valence-corrected chi connectivity index (χ1v) is 7.86. The lowest BCUT2D eigenvalue weighted by atomic mass is 10.2. The summed E-state index contributed by atoms with van der Waals surface area (Å²) in [6.45, 7) is 2.62. The van der Waals surface area contributed by atoms with Gasteiger partial charge in [-0.3, -0.25) is 9.78 Å². The zero-order chi connectivity index (χ0) is 17.6. The van der Waals surface area contributed by atoms with Crippen molar-refractivity contribution < 1.29 is 4.79 Å². The summed E-state index contributed by atoms with van der Waals surface area (Å²) in [6, 6.07) is 12.2. The van der Waals surface area contributed by atoms with Crippen LogP contribution in [0.1, 0.15) is 17.3 Å². The fraction of sp³-hybridized carbons (Fsp3) is 0.111. The fourth-order valence-electron chi connectivity index (χ4n) is 2.28. The quantitative estimate of drug-likeness (QED) is 0.620. The molecule has 0 atom stereocenters. The van der Waals surface area contributed by atoms with E-state index in [-0.39, 0.29) is 5.91 Å². The Bertz CT molecular complexity index is 882. The molecule has 3 rings (SSSR count). The van der Waals surface area contributed by atoms with E-state index in [2.05, 4.69) is 25.6 Å². The van der Waals surface area contributed by atoms with Crippen LogP contribution in [0.2, 0.25) is 0 Å². The van der Waals surface area contributed by atoms with Crippen molar-refractivity contribution in [3.8, 4) is 11.3 Å². The largest absolute Gasteiger partial charge is 0.399 e. The standard InChI is InChI=1S/C18H18N6O/c1-2-21-18-22-15(13-6-4-8-20-11-13)10-16(24-18)23-17(25)12-5-3-7-14(19)9-12/h3-11H,2,19H2,1H3,(H2,21,22,23,24,25). The first-order valence-electron chi connectivity index (χ1n) is 7.86. The van der Waals surface area contributed by atoms with Gasteiger partial charge in [-0.15, -0.1) is 0 Å². The fourth-order valence-corrected chi connectivity index (χ4v) is 2.28. The molecule has 7 heteroatoms. The molecule has 2 aromatic heterocycles. The van der Waals surface area contributed by atoms with E-state index >= 15 is 0 Å². The minimum Gasteiger partial charge on any atom is -0.399 e. The zero-order valence-corrected chi connectivity index (χ0v) is 13.7. The monoisotopic (exact) mass is 334 g/mol. The lowest BCUT2D eigenvalue weighted by Gasteiger charge is -2.10. The molecule has 0 aliphatic heterocycles. The molecule has 3 aromatic rings. The minimum atomic E-state index is -0.286. The van der Waals surface area contributed by atoms with E-state index < -0.39 is 0 Å². The van der Waals surface area contributed by atoms with Crippen molar-refractivity contribution in [2.24, 2.45) is 0 Å². The van der Waals surface area contributed by atoms with Crippen LogP contribution in [-0.4, -0.2) is 27.4 Å². The molecule has 0 radical (unpaired) electrons. The highest BCUT2D eigenvalue weighted by atomic mass is 16.1. The van der Waals surface area contributed by atoms with Crippen LogP contribution < -0.4 is 16.4 Å². The van der Waals surface area contributed by atoms with Crippen LogP contribution in [0.15, 0.2) is 54.9 Å². The molecule has 0 aliphatic rings. The molecule has 0 saturated carbocycles. The average molecular weight is 334 g/mol. The second kappa shape index (κ2) is 7.39. The number of hydrogen-bond donors (Lipinski definition) is 3. The summed E-state index contributed by atoms with van der Waals surface area (Å²) in [7, 11) is 0. The molecule has 2 heterocycles. The van der Waals surface area contributed by atoms with E-state index in [9.17, 15) is 4.79 Å². The molecule has 0 unspecified atom stereocenters. The predicted octanol–water partition coefficient (Wildman–Crippen LogP) is 2.80. The van der Waals surface area contributed by atoms with Gasteiger partial charge in [-0.05, 0) is 37.3 Å². The van der Waals surface area contributed by atoms with Crippen LogP contribution >= 0.6 is 0 Å². The lowest BCUT2D eigenvalue weighted by Crippen LogP contribution is -2.14. The molecule has 1 aromatic carbocycles. The summed E-state index contributed by atoms with van der Waals surface area (Å²) >= 11 is 0. The smallest absolute Gasteiger partial charge is 0.256 e. The van der Waals surface area contributed by atoms with Gasteiger partial charge in [-0.25, -0.2) is 4.98 Å². The Hall–Kier alpha value is -3.48. The van der Waals surface area contributed by atoms with Crippen molar-refractivity contribution in [1.29, 1.82) is 0 Å². The summed E-state index contributed by atoms with van der Waals surface area (Å²) in [5.74, 6) is 0.551. The highest BCUT2D eigenvalue weighted by Crippen LogP contribution is 2.21. The number of nitrogens with zero attached hydrogens (tertiary/aromatic N) is 3. The Balaban J connectivity index is 1.92. The Morgan fingerprint density at radius 2 is 2.04 bits per heavy atom. The van der Waals surface area contributed by atoms with Crippen LogP contribution in [0.25, 0.3) is 11.3 Å². The molecule has 25 heavy (non-hydrogen) atoms. The molecule has 0 spiro atoms. The second-order valence-electron chi connectivity index (χ2n) is 5.31. The number of rotatable bonds is 5. The molecule has 0 saturated heterocycles. The number of carbonyl (C=O) groups is 1. The van der Waals surface area contributed by atoms with Crippen molar-refractivity contribution in [2.45, 2.75) is 6.92 Å². The number of nitrogens with one attached hydrogen (secondary N) is 2. The van der Waals surface area contributed by atoms with Crippen LogP contribution in [0.3, 0.4) is 0 Å². The Kier molecular flexibility index (Phi) is 4.84. The van der Waals surface area contributed by atoms with Crippen LogP contribution in [0, 0.1) is 0 Å². The minimum absolute atomic E-state index is 0.286. The molecule has 1 amide bonds. The highest BCUT2D eigenvalue weighted by Gasteiger charge is 2.11. The molecular formula is C18H18N6O. The number of carbonyl (C=O) groups excluding carboxylic acids is 1. The highest BCUT2D eigenvalue weighted by molar-refractivity contribution is 6.04. The van der Waals surface area contributed by atoms with E-state index in [0.717, 1.165) is 5.56 Å². The number of aromatic nitrogens is 3. The average Bonchev–Trinajstić information content (AvgIpc) is 2.62. The maximum atomic E-state index is 12.4. The van der Waals surface area contributed by atoms with Gasteiger partial charge in [0.15, 0.2) is 0 Å². The van der Waals surface area contributed by atoms with E-state index in [0.29, 0.717) is 35.3 Å². The number of amides is 1. The molecule has 126 valence electrons. The number of anilines is 3. The van der Waals surface area contributed by atoms with Gasteiger partial charge < -0.3 is 16.4 Å². The van der Waals surface area contributed by atoms with Gasteiger partial charge in [0.1, 0.15) is 5.82 Å². The first kappa shape index (κ1) is 16.4. The summed E-state index contributed by atoms with van der Waals surface area (Å²) in [5.41, 5.74) is 8.23. The Labute approximate surface area is 145 Å². The summed E-state index contributed by atoms with van der Waals surface area (Å²) < 4.78 is 0. The third-order valence-corrected chi connectivity index (χ3v) is 3.41. The lowest BCUT2D eigenvalue weighted by molar-refractivity contribution is 0.102. The summed E-state index contributed by atoms with van der Waals surface area (Å²) in [6.07, 6.45) is 3.40. The number of nitrogen functional groups attached to an aromatic ring is 1. The zero-order valence-electron chi connectivity index (χ0n) is 13.7. The Morgan fingerprint density at radius 3 is 2.76 bits per heavy atom. The second-order valence-corrected chi connectivity index (χ2v) is 5.31. The molecule has 0 fully saturated rings. The summed E-state index contributed by atoms with van der Waals surface area (Å²) in [5, 5.41) is 5.85. The molecule has 4 N–H and O–H groups in total. The van der Waals surface area contributed by atoms with Gasteiger partial charge in [0.25, 0.3) is 5.91 Å². The van der Waals surface area contributed by atoms with Gasteiger partial charge in [-0.1, -0.05) is 6.07 Å². The van der Waals surface area contributed by atoms with Gasteiger partial charge in [0, 0.05) is 41.8 Å². The summed E-state index contributed by atoms with van der Waals surface area (Å²) in [4.78, 5) is 25.3. The van der Waals surface area contributed by atoms with E-state index in [1.165, 1.54) is 0 Å². The molecule has 7 nitrogen and oxygen atoms in total. The van der Waals surface area contributed by atoms with E-state index in [1.54, 1.807) is 42.7 Å². The maximum Gasteiger partial charge on any atom is 0.256 e. The van der Waals surface area contributed by atoms with Crippen LogP contribution in [0.5, 0.6) is 0 Å². The first-order chi connectivity index (χ1) is 12.2. The normalized spacial score (nSPS) is 10.3. The number of hydrogen-bond acceptors (Lipinski definition) is 6. The van der Waals surface area contributed by atoms with E-state index in [4.69, 9.17) is 5.73 Å². The SMILES string of the molecule is CCNc1nc(NC(=O)c2cccc(N)c2)cc(-c2cccnc2)n1. The Morgan fingerprint density at radius 1 is 1.16 bits per heavy atom. The van der Waals surface area contributed by atoms with Crippen molar-refractivity contribution in [3.63, 3.8) is 0 Å². The molecule has 0 bridgehead atoms. The van der Waals surface area contributed by atoms with Crippen molar-refractivity contribution >= 4 is 23.4 Å². The predicted molar refractivity (Wildman–Crippen MR) is 98.2 cm³/mol. The molecule has 0 aliphatic carbocycles. The van der Waals surface area contributed by atoms with Crippen molar-refractivity contribution in [2.75, 3.05) is 22.9 Å². The van der Waals surface area contributed by atoms with Crippen molar-refractivity contribution in [3.05, 3.63) is 60.4 Å². The third-order valence-electron chi connectivity index (χ3n) is 3.41. The number of benzene rings is 1. The van der Waals surface area contributed by atoms with Crippen molar-refractivity contribution in [1.82, 2.24) is 15.0 Å². The van der Waals surface area contributed by atoms with Gasteiger partial charge in [-0.2, -0.15) is 4.98 Å². The van der Waals surface area contributed by atoms with Gasteiger partial charge in [0.2, 0.25) is 5.95 Å². The topological polar surface area (TPSA) is 106 Å². The van der Waals surface area contributed by atoms with Gasteiger partial charge in [0.05, 0.1) is 5.69 Å². The third kappa shape index (κ3) is 4.08. The van der Waals surface area contributed by atoms with Gasteiger partial charge >= 0.3 is 0 Å². The van der Waals surface area contributed by atoms with Crippen LogP contribution in [0.4, 0.5) is 17.5 Å².